The standard InChI is InChI=1S/C20H23O3P/c1-6-20(16-10-8-7-9-11-16)24(21,15(2)3)19-13-17(22-4)12-18(14-19)23-5/h7-15H,1H2,2-5H3/t24-/m0/s1. The summed E-state index contributed by atoms with van der Waals surface area (Å²) in [6, 6.07) is 15.0. The van der Waals surface area contributed by atoms with E-state index >= 15 is 0 Å². The van der Waals surface area contributed by atoms with Gasteiger partial charge in [-0.3, -0.25) is 0 Å². The predicted octanol–water partition coefficient (Wildman–Crippen LogP) is 4.93. The molecule has 0 amide bonds. The molecular formula is C20H23O3P. The van der Waals surface area contributed by atoms with E-state index in [1.807, 2.05) is 56.3 Å². The van der Waals surface area contributed by atoms with E-state index in [0.29, 0.717) is 22.1 Å². The summed E-state index contributed by atoms with van der Waals surface area (Å²) < 4.78 is 24.8. The first-order valence-electron chi connectivity index (χ1n) is 7.76. The van der Waals surface area contributed by atoms with Crippen LogP contribution in [0.3, 0.4) is 0 Å². The van der Waals surface area contributed by atoms with Crippen molar-refractivity contribution in [1.82, 2.24) is 0 Å². The van der Waals surface area contributed by atoms with Crippen LogP contribution in [0.1, 0.15) is 19.4 Å². The molecule has 0 aliphatic rings. The lowest BCUT2D eigenvalue weighted by Crippen LogP contribution is -2.14. The van der Waals surface area contributed by atoms with Gasteiger partial charge in [0.25, 0.3) is 0 Å². The van der Waals surface area contributed by atoms with Gasteiger partial charge in [0, 0.05) is 17.0 Å². The van der Waals surface area contributed by atoms with E-state index in [1.54, 1.807) is 20.3 Å². The van der Waals surface area contributed by atoms with Gasteiger partial charge in [0.2, 0.25) is 0 Å². The van der Waals surface area contributed by atoms with Crippen molar-refractivity contribution in [3.8, 4) is 11.5 Å². The van der Waals surface area contributed by atoms with Gasteiger partial charge in [-0.1, -0.05) is 50.8 Å². The maximum absolute atomic E-state index is 14.1. The Kier molecular flexibility index (Phi) is 5.72. The van der Waals surface area contributed by atoms with Crippen LogP contribution in [-0.2, 0) is 4.57 Å². The largest absolute Gasteiger partial charge is 0.497 e. The third kappa shape index (κ3) is 3.33. The van der Waals surface area contributed by atoms with Gasteiger partial charge in [0.1, 0.15) is 11.5 Å². The van der Waals surface area contributed by atoms with Crippen molar-refractivity contribution in [2.24, 2.45) is 0 Å². The monoisotopic (exact) mass is 342 g/mol. The van der Waals surface area contributed by atoms with E-state index in [-0.39, 0.29) is 5.66 Å². The Hall–Kier alpha value is -2.21. The molecule has 0 aromatic heterocycles. The molecule has 4 heteroatoms. The number of methoxy groups -OCH3 is 2. The summed E-state index contributed by atoms with van der Waals surface area (Å²) in [5, 5.41) is 1.32. The van der Waals surface area contributed by atoms with Crippen LogP contribution in [-0.4, -0.2) is 19.9 Å². The Morgan fingerprint density at radius 1 is 1.04 bits per heavy atom. The van der Waals surface area contributed by atoms with Crippen molar-refractivity contribution >= 4 is 17.8 Å². The molecule has 2 aromatic carbocycles. The molecule has 0 heterocycles. The normalized spacial score (nSPS) is 13.0. The zero-order valence-corrected chi connectivity index (χ0v) is 15.5. The Labute approximate surface area is 144 Å². The van der Waals surface area contributed by atoms with Crippen molar-refractivity contribution < 1.29 is 14.0 Å². The summed E-state index contributed by atoms with van der Waals surface area (Å²) in [6.45, 7) is 7.70. The third-order valence-corrected chi connectivity index (χ3v) is 7.55. The van der Waals surface area contributed by atoms with Gasteiger partial charge in [0.15, 0.2) is 7.14 Å². The van der Waals surface area contributed by atoms with Crippen molar-refractivity contribution in [2.45, 2.75) is 19.5 Å². The lowest BCUT2D eigenvalue weighted by Gasteiger charge is -2.25. The van der Waals surface area contributed by atoms with E-state index in [0.717, 1.165) is 5.56 Å². The summed E-state index contributed by atoms with van der Waals surface area (Å²) in [5.74, 6) is 1.23. The quantitative estimate of drug-likeness (QED) is 0.552. The average Bonchev–Trinajstić information content (AvgIpc) is 2.62. The maximum Gasteiger partial charge on any atom is 0.153 e. The molecule has 0 bridgehead atoms. The minimum atomic E-state index is -2.97. The summed E-state index contributed by atoms with van der Waals surface area (Å²) in [7, 11) is 0.194. The summed E-state index contributed by atoms with van der Waals surface area (Å²) >= 11 is 0. The summed E-state index contributed by atoms with van der Waals surface area (Å²) in [6.07, 6.45) is 0. The smallest absolute Gasteiger partial charge is 0.153 e. The second-order valence-corrected chi connectivity index (χ2v) is 9.03. The highest BCUT2D eigenvalue weighted by atomic mass is 31.2. The van der Waals surface area contributed by atoms with Crippen LogP contribution >= 0.6 is 7.14 Å². The van der Waals surface area contributed by atoms with Crippen molar-refractivity contribution in [2.75, 3.05) is 14.2 Å². The molecule has 2 aromatic rings. The number of ether oxygens (including phenoxy) is 2. The number of hydrogen-bond acceptors (Lipinski definition) is 3. The van der Waals surface area contributed by atoms with Crippen LogP contribution in [0, 0.1) is 0 Å². The third-order valence-electron chi connectivity index (χ3n) is 3.99. The van der Waals surface area contributed by atoms with Gasteiger partial charge in [-0.25, -0.2) is 0 Å². The molecule has 0 radical (unpaired) electrons. The molecule has 0 saturated heterocycles. The first-order chi connectivity index (χ1) is 11.5. The highest BCUT2D eigenvalue weighted by Crippen LogP contribution is 2.61. The molecule has 0 unspecified atom stereocenters. The van der Waals surface area contributed by atoms with Gasteiger partial charge < -0.3 is 14.0 Å². The lowest BCUT2D eigenvalue weighted by molar-refractivity contribution is 0.395. The van der Waals surface area contributed by atoms with Crippen LogP contribution in [0.2, 0.25) is 0 Å². The van der Waals surface area contributed by atoms with Crippen molar-refractivity contribution in [3.63, 3.8) is 0 Å². The van der Waals surface area contributed by atoms with E-state index in [2.05, 4.69) is 12.3 Å². The van der Waals surface area contributed by atoms with Crippen molar-refractivity contribution in [3.05, 3.63) is 66.4 Å². The van der Waals surface area contributed by atoms with E-state index in [1.165, 1.54) is 0 Å². The first-order valence-corrected chi connectivity index (χ1v) is 9.54. The van der Waals surface area contributed by atoms with Crippen LogP contribution in [0.4, 0.5) is 0 Å². The van der Waals surface area contributed by atoms with Gasteiger partial charge >= 0.3 is 0 Å². The second-order valence-electron chi connectivity index (χ2n) is 5.71. The van der Waals surface area contributed by atoms with Gasteiger partial charge in [-0.05, 0) is 17.7 Å². The Morgan fingerprint density at radius 3 is 2.00 bits per heavy atom. The predicted molar refractivity (Wildman–Crippen MR) is 101 cm³/mol. The van der Waals surface area contributed by atoms with Gasteiger partial charge in [-0.2, -0.15) is 0 Å². The minimum absolute atomic E-state index is 0.112. The Morgan fingerprint density at radius 2 is 1.58 bits per heavy atom. The molecule has 24 heavy (non-hydrogen) atoms. The number of benzene rings is 2. The Balaban J connectivity index is 2.73. The molecule has 3 nitrogen and oxygen atoms in total. The van der Waals surface area contributed by atoms with Crippen LogP contribution in [0.15, 0.2) is 60.8 Å². The highest BCUT2D eigenvalue weighted by molar-refractivity contribution is 7.81. The fourth-order valence-electron chi connectivity index (χ4n) is 2.68. The molecule has 2 rings (SSSR count). The zero-order chi connectivity index (χ0) is 17.7. The fourth-order valence-corrected chi connectivity index (χ4v) is 5.45. The van der Waals surface area contributed by atoms with E-state index in [4.69, 9.17) is 9.47 Å². The topological polar surface area (TPSA) is 35.5 Å². The number of hydrogen-bond donors (Lipinski definition) is 0. The minimum Gasteiger partial charge on any atom is -0.497 e. The summed E-state index contributed by atoms with van der Waals surface area (Å²) in [4.78, 5) is 0. The van der Waals surface area contributed by atoms with Crippen LogP contribution in [0.5, 0.6) is 11.5 Å². The highest BCUT2D eigenvalue weighted by Gasteiger charge is 2.35. The fraction of sp³-hybridized carbons (Fsp3) is 0.250. The van der Waals surface area contributed by atoms with E-state index in [9.17, 15) is 4.57 Å². The average molecular weight is 342 g/mol. The molecule has 0 saturated carbocycles. The molecular weight excluding hydrogens is 319 g/mol. The maximum atomic E-state index is 14.1. The van der Waals surface area contributed by atoms with Crippen LogP contribution < -0.4 is 14.8 Å². The molecule has 0 N–H and O–H groups in total. The zero-order valence-electron chi connectivity index (χ0n) is 14.6. The second kappa shape index (κ2) is 7.57. The molecule has 0 fully saturated rings. The lowest BCUT2D eigenvalue weighted by atomic mass is 10.2. The van der Waals surface area contributed by atoms with Crippen LogP contribution in [0.25, 0.3) is 5.31 Å². The van der Waals surface area contributed by atoms with Gasteiger partial charge in [-0.15, -0.1) is 5.73 Å². The van der Waals surface area contributed by atoms with Crippen molar-refractivity contribution in [1.29, 1.82) is 0 Å². The SMILES string of the molecule is C=C=C(c1ccccc1)[P@@](=O)(c1cc(OC)cc(OC)c1)C(C)C. The summed E-state index contributed by atoms with van der Waals surface area (Å²) in [5.41, 5.74) is 3.69. The molecule has 1 atom stereocenters. The molecule has 126 valence electrons. The molecule has 0 spiro atoms. The van der Waals surface area contributed by atoms with E-state index < -0.39 is 7.14 Å². The van der Waals surface area contributed by atoms with Gasteiger partial charge in [0.05, 0.1) is 19.5 Å². The molecule has 0 aliphatic heterocycles. The first kappa shape index (κ1) is 18.1. The molecule has 0 aliphatic carbocycles. The Bertz CT molecular complexity index is 781. The number of rotatable bonds is 6.